The second-order valence-corrected chi connectivity index (χ2v) is 4.53. The van der Waals surface area contributed by atoms with Crippen LogP contribution in [-0.4, -0.2) is 37.8 Å². The molecular formula is C8H5NO2Pb. The van der Waals surface area contributed by atoms with Crippen LogP contribution in [0.4, 0.5) is 5.69 Å². The van der Waals surface area contributed by atoms with Crippen molar-refractivity contribution >= 4 is 43.4 Å². The molecule has 0 unspecified atom stereocenters. The Bertz CT molecular complexity index is 375. The Kier molecular flexibility index (Phi) is 1.75. The van der Waals surface area contributed by atoms with Crippen LogP contribution in [0.2, 0.25) is 0 Å². The summed E-state index contributed by atoms with van der Waals surface area (Å²) in [6, 6.07) is 7.10. The van der Waals surface area contributed by atoms with Crippen LogP contribution in [0.15, 0.2) is 24.3 Å². The Hall–Kier alpha value is -0.718. The summed E-state index contributed by atoms with van der Waals surface area (Å²) in [5.41, 5.74) is 1.32. The summed E-state index contributed by atoms with van der Waals surface area (Å²) in [5.74, 6) is -0.741. The molecule has 12 heavy (non-hydrogen) atoms. The maximum absolute atomic E-state index is 11.2. The van der Waals surface area contributed by atoms with Crippen LogP contribution >= 0.6 is 0 Å². The zero-order valence-electron chi connectivity index (χ0n) is 6.15. The quantitative estimate of drug-likeness (QED) is 0.487. The van der Waals surface area contributed by atoms with E-state index in [-0.39, 0.29) is 11.7 Å². The molecule has 2 radical (unpaired) electrons. The van der Waals surface area contributed by atoms with Gasteiger partial charge in [-0.2, -0.15) is 0 Å². The normalized spacial score (nSPS) is 15.2. The first kappa shape index (κ1) is 7.91. The van der Waals surface area contributed by atoms with Crippen LogP contribution in [0, 0.1) is 0 Å². The van der Waals surface area contributed by atoms with E-state index < -0.39 is 0 Å². The summed E-state index contributed by atoms with van der Waals surface area (Å²) in [4.78, 5) is 22.4. The fourth-order valence-corrected chi connectivity index (χ4v) is 2.54. The summed E-state index contributed by atoms with van der Waals surface area (Å²) in [6.07, 6.45) is 0. The predicted octanol–water partition coefficient (Wildman–Crippen LogP) is 0.0317. The number of Topliss-reactive ketones (excluding diaryl/α,β-unsaturated/α-hetero) is 1. The molecule has 0 atom stereocenters. The number of hydrogen-bond donors (Lipinski definition) is 0. The van der Waals surface area contributed by atoms with Crippen LogP contribution in [-0.2, 0) is 4.79 Å². The van der Waals surface area contributed by atoms with Crippen molar-refractivity contribution < 1.29 is 9.59 Å². The van der Waals surface area contributed by atoms with E-state index in [1.54, 1.807) is 18.2 Å². The van der Waals surface area contributed by atoms with Gasteiger partial charge < -0.3 is 0 Å². The van der Waals surface area contributed by atoms with Crippen LogP contribution < -0.4 is 2.71 Å². The number of anilines is 1. The first-order valence-electron chi connectivity index (χ1n) is 3.44. The molecule has 0 saturated carbocycles. The maximum atomic E-state index is 11.2. The van der Waals surface area contributed by atoms with Crippen LogP contribution in [0.3, 0.4) is 0 Å². The van der Waals surface area contributed by atoms with Gasteiger partial charge >= 0.3 is 85.6 Å². The van der Waals surface area contributed by atoms with Crippen LogP contribution in [0.5, 0.6) is 0 Å². The number of amides is 1. The molecule has 1 aromatic rings. The fourth-order valence-electron chi connectivity index (χ4n) is 1.21. The van der Waals surface area contributed by atoms with Gasteiger partial charge in [0.2, 0.25) is 0 Å². The molecule has 4 heteroatoms. The Morgan fingerprint density at radius 3 is 2.50 bits per heavy atom. The van der Waals surface area contributed by atoms with Gasteiger partial charge in [-0.1, -0.05) is 0 Å². The monoisotopic (exact) mass is 355 g/mol. The number of carbonyl (C=O) groups is 2. The summed E-state index contributed by atoms with van der Waals surface area (Å²) in [5, 5.41) is 0. The number of carbonyl (C=O) groups excluding carboxylic acids is 2. The number of hydrogen-bond acceptors (Lipinski definition) is 2. The molecule has 0 N–H and O–H groups in total. The molecule has 3 nitrogen and oxygen atoms in total. The van der Waals surface area contributed by atoms with E-state index in [0.717, 1.165) is 5.69 Å². The minimum absolute atomic E-state index is 0.357. The van der Waals surface area contributed by atoms with Crippen molar-refractivity contribution in [3.05, 3.63) is 29.8 Å². The number of ketones is 1. The van der Waals surface area contributed by atoms with Crippen molar-refractivity contribution in [1.82, 2.24) is 0 Å². The predicted molar refractivity (Wildman–Crippen MR) is 45.4 cm³/mol. The van der Waals surface area contributed by atoms with Crippen molar-refractivity contribution in [3.63, 3.8) is 0 Å². The van der Waals surface area contributed by atoms with Gasteiger partial charge in [-0.25, -0.2) is 0 Å². The van der Waals surface area contributed by atoms with Gasteiger partial charge in [0.05, 0.1) is 0 Å². The van der Waals surface area contributed by atoms with Crippen LogP contribution in [0.25, 0.3) is 0 Å². The molecule has 0 fully saturated rings. The van der Waals surface area contributed by atoms with Crippen molar-refractivity contribution in [3.8, 4) is 0 Å². The Labute approximate surface area is 85.5 Å². The first-order chi connectivity index (χ1) is 5.72. The van der Waals surface area contributed by atoms with Gasteiger partial charge in [-0.15, -0.1) is 0 Å². The molecule has 0 spiro atoms. The molecule has 2 rings (SSSR count). The van der Waals surface area contributed by atoms with Crippen LogP contribution in [0.1, 0.15) is 10.4 Å². The second kappa shape index (κ2) is 2.65. The number of para-hydroxylation sites is 1. The zero-order valence-corrected chi connectivity index (χ0v) is 10.6. The molecule has 1 aliphatic heterocycles. The van der Waals surface area contributed by atoms with Gasteiger partial charge in [-0.05, 0) is 0 Å². The average molecular weight is 354 g/mol. The Morgan fingerprint density at radius 2 is 1.83 bits per heavy atom. The number of nitrogens with zero attached hydrogens (tertiary/aromatic N) is 1. The Balaban J connectivity index is 2.67. The molecule has 1 aromatic carbocycles. The van der Waals surface area contributed by atoms with Crippen molar-refractivity contribution in [1.29, 1.82) is 0 Å². The van der Waals surface area contributed by atoms with E-state index in [9.17, 15) is 9.59 Å². The third-order valence-corrected chi connectivity index (χ3v) is 3.81. The zero-order chi connectivity index (χ0) is 8.72. The van der Waals surface area contributed by atoms with E-state index in [4.69, 9.17) is 0 Å². The van der Waals surface area contributed by atoms with E-state index in [1.807, 2.05) is 6.07 Å². The standard InChI is InChI=1S/C8H5NO2.Pb.H/c10-7-5-3-1-2-4-6(5)9-8(7)11;;/h1-4H,(H,9,10,11);;/q;+1;/p-1. The third-order valence-electron chi connectivity index (χ3n) is 1.82. The summed E-state index contributed by atoms with van der Waals surface area (Å²) < 4.78 is 1.54. The second-order valence-electron chi connectivity index (χ2n) is 2.52. The molecule has 0 aromatic heterocycles. The van der Waals surface area contributed by atoms with E-state index in [1.165, 1.54) is 2.71 Å². The molecule has 0 aliphatic carbocycles. The van der Waals surface area contributed by atoms with Crippen molar-refractivity contribution in [2.75, 3.05) is 2.71 Å². The number of benzene rings is 1. The molecular weight excluding hydrogens is 349 g/mol. The number of rotatable bonds is 0. The number of fused-ring (bicyclic) bond motifs is 1. The van der Waals surface area contributed by atoms with Gasteiger partial charge in [-0.3, -0.25) is 0 Å². The molecule has 58 valence electrons. The van der Waals surface area contributed by atoms with Crippen molar-refractivity contribution in [2.24, 2.45) is 0 Å². The fraction of sp³-hybridized carbons (Fsp3) is 0. The van der Waals surface area contributed by atoms with E-state index in [2.05, 4.69) is 0 Å². The molecule has 1 aliphatic rings. The SMILES string of the molecule is O=C1C(=O)[N]([PbH])c2ccccc21. The van der Waals surface area contributed by atoms with E-state index in [0.29, 0.717) is 31.6 Å². The molecule has 1 amide bonds. The minimum atomic E-state index is -0.374. The average Bonchev–Trinajstić information content (AvgIpc) is 2.33. The van der Waals surface area contributed by atoms with Gasteiger partial charge in [0.1, 0.15) is 0 Å². The van der Waals surface area contributed by atoms with Gasteiger partial charge in [0.25, 0.3) is 0 Å². The summed E-state index contributed by atoms with van der Waals surface area (Å²) in [7, 11) is 0. The van der Waals surface area contributed by atoms with Crippen molar-refractivity contribution in [2.45, 2.75) is 0 Å². The topological polar surface area (TPSA) is 37.4 Å². The summed E-state index contributed by atoms with van der Waals surface area (Å²) >= 11 is 0.357. The molecule has 1 heterocycles. The van der Waals surface area contributed by atoms with Gasteiger partial charge in [0, 0.05) is 0 Å². The first-order valence-corrected chi connectivity index (χ1v) is 5.45. The third kappa shape index (κ3) is 0.922. The van der Waals surface area contributed by atoms with E-state index >= 15 is 0 Å². The Morgan fingerprint density at radius 1 is 1.17 bits per heavy atom. The molecule has 0 saturated heterocycles. The van der Waals surface area contributed by atoms with Gasteiger partial charge in [0.15, 0.2) is 0 Å². The summed E-state index contributed by atoms with van der Waals surface area (Å²) in [6.45, 7) is 0. The molecule has 0 bridgehead atoms.